The van der Waals surface area contributed by atoms with Crippen LogP contribution in [0, 0.1) is 0 Å². The number of halogens is 2. The maximum absolute atomic E-state index is 12.2. The summed E-state index contributed by atoms with van der Waals surface area (Å²) < 4.78 is 28.1. The third kappa shape index (κ3) is 3.29. The van der Waals surface area contributed by atoms with Gasteiger partial charge in [0.25, 0.3) is 10.0 Å². The minimum Gasteiger partial charge on any atom is -0.507 e. The van der Waals surface area contributed by atoms with Crippen LogP contribution in [0.25, 0.3) is 0 Å². The number of sulfonamides is 1. The standard InChI is InChI=1S/C12H9Br2NO3S/c13-8-5-6-10(9(14)7-8)15-19(17,18)12-4-2-1-3-11(12)16/h1-7,15-16H. The molecule has 0 heterocycles. The highest BCUT2D eigenvalue weighted by molar-refractivity contribution is 9.11. The number of anilines is 1. The molecule has 0 radical (unpaired) electrons. The lowest BCUT2D eigenvalue weighted by Crippen LogP contribution is -2.13. The van der Waals surface area contributed by atoms with Gasteiger partial charge in [-0.25, -0.2) is 8.42 Å². The van der Waals surface area contributed by atoms with E-state index in [0.717, 1.165) is 4.47 Å². The normalized spacial score (nSPS) is 11.3. The molecule has 2 aromatic rings. The monoisotopic (exact) mass is 405 g/mol. The zero-order valence-corrected chi connectivity index (χ0v) is 13.5. The highest BCUT2D eigenvalue weighted by Gasteiger charge is 2.19. The molecule has 19 heavy (non-hydrogen) atoms. The first kappa shape index (κ1) is 14.4. The molecule has 0 fully saturated rings. The van der Waals surface area contributed by atoms with Crippen molar-refractivity contribution < 1.29 is 13.5 Å². The largest absolute Gasteiger partial charge is 0.507 e. The summed E-state index contributed by atoms with van der Waals surface area (Å²) in [5.41, 5.74) is 0.395. The van der Waals surface area contributed by atoms with Gasteiger partial charge in [0.1, 0.15) is 10.6 Å². The summed E-state index contributed by atoms with van der Waals surface area (Å²) in [6.07, 6.45) is 0. The van der Waals surface area contributed by atoms with Gasteiger partial charge < -0.3 is 5.11 Å². The summed E-state index contributed by atoms with van der Waals surface area (Å²) >= 11 is 6.56. The average molecular weight is 407 g/mol. The van der Waals surface area contributed by atoms with Crippen LogP contribution in [0.4, 0.5) is 5.69 Å². The van der Waals surface area contributed by atoms with Crippen LogP contribution in [0.15, 0.2) is 56.3 Å². The van der Waals surface area contributed by atoms with Crippen molar-refractivity contribution in [3.05, 3.63) is 51.4 Å². The van der Waals surface area contributed by atoms with Crippen molar-refractivity contribution in [3.8, 4) is 5.75 Å². The van der Waals surface area contributed by atoms with Crippen LogP contribution in [0.2, 0.25) is 0 Å². The van der Waals surface area contributed by atoms with E-state index in [1.165, 1.54) is 12.1 Å². The lowest BCUT2D eigenvalue weighted by Gasteiger charge is -2.11. The van der Waals surface area contributed by atoms with Crippen LogP contribution in [-0.4, -0.2) is 13.5 Å². The minimum atomic E-state index is -3.82. The lowest BCUT2D eigenvalue weighted by atomic mass is 10.3. The van der Waals surface area contributed by atoms with Crippen LogP contribution in [0.3, 0.4) is 0 Å². The summed E-state index contributed by atoms with van der Waals surface area (Å²) in [4.78, 5) is -0.162. The summed E-state index contributed by atoms with van der Waals surface area (Å²) in [6, 6.07) is 10.8. The number of phenols is 1. The Balaban J connectivity index is 2.40. The lowest BCUT2D eigenvalue weighted by molar-refractivity contribution is 0.459. The Morgan fingerprint density at radius 1 is 1.05 bits per heavy atom. The Kier molecular flexibility index (Phi) is 4.17. The third-order valence-corrected chi connectivity index (χ3v) is 4.89. The highest BCUT2D eigenvalue weighted by atomic mass is 79.9. The fourth-order valence-electron chi connectivity index (χ4n) is 1.46. The second-order valence-electron chi connectivity index (χ2n) is 3.70. The Morgan fingerprint density at radius 2 is 1.74 bits per heavy atom. The Labute approximate surface area is 127 Å². The molecule has 0 saturated carbocycles. The fourth-order valence-corrected chi connectivity index (χ4v) is 3.91. The molecule has 0 amide bonds. The zero-order chi connectivity index (χ0) is 14.0. The number of hydrogen-bond donors (Lipinski definition) is 2. The highest BCUT2D eigenvalue weighted by Crippen LogP contribution is 2.30. The van der Waals surface area contributed by atoms with Gasteiger partial charge in [-0.05, 0) is 46.3 Å². The molecule has 2 rings (SSSR count). The Morgan fingerprint density at radius 3 is 2.37 bits per heavy atom. The first-order chi connectivity index (χ1) is 8.90. The van der Waals surface area contributed by atoms with Gasteiger partial charge in [0, 0.05) is 8.95 Å². The molecule has 0 aliphatic heterocycles. The van der Waals surface area contributed by atoms with Gasteiger partial charge in [0.2, 0.25) is 0 Å². The molecule has 0 atom stereocenters. The van der Waals surface area contributed by atoms with Crippen molar-refractivity contribution in [1.82, 2.24) is 0 Å². The molecular weight excluding hydrogens is 398 g/mol. The fraction of sp³-hybridized carbons (Fsp3) is 0. The molecule has 100 valence electrons. The van der Waals surface area contributed by atoms with Gasteiger partial charge in [-0.2, -0.15) is 0 Å². The summed E-state index contributed by atoms with van der Waals surface area (Å²) in [6.45, 7) is 0. The first-order valence-electron chi connectivity index (χ1n) is 5.16. The summed E-state index contributed by atoms with van der Waals surface area (Å²) in [7, 11) is -3.82. The predicted molar refractivity (Wildman–Crippen MR) is 80.8 cm³/mol. The second kappa shape index (κ2) is 5.52. The van der Waals surface area contributed by atoms with Crippen molar-refractivity contribution in [3.63, 3.8) is 0 Å². The molecule has 4 nitrogen and oxygen atoms in total. The van der Waals surface area contributed by atoms with Gasteiger partial charge >= 0.3 is 0 Å². The Hall–Kier alpha value is -1.05. The van der Waals surface area contributed by atoms with Gasteiger partial charge in [0.05, 0.1) is 5.69 Å². The predicted octanol–water partition coefficient (Wildman–Crippen LogP) is 3.72. The van der Waals surface area contributed by atoms with E-state index in [4.69, 9.17) is 0 Å². The number of nitrogens with one attached hydrogen (secondary N) is 1. The van der Waals surface area contributed by atoms with E-state index < -0.39 is 10.0 Å². The van der Waals surface area contributed by atoms with E-state index in [9.17, 15) is 13.5 Å². The van der Waals surface area contributed by atoms with Crippen LogP contribution in [-0.2, 0) is 10.0 Å². The second-order valence-corrected chi connectivity index (χ2v) is 7.12. The molecule has 7 heteroatoms. The molecule has 0 unspecified atom stereocenters. The van der Waals surface area contributed by atoms with Crippen LogP contribution in [0.5, 0.6) is 5.75 Å². The molecule has 0 spiro atoms. The Bertz CT molecular complexity index is 717. The maximum atomic E-state index is 12.2. The number of benzene rings is 2. The molecule has 0 saturated heterocycles. The topological polar surface area (TPSA) is 66.4 Å². The number of hydrogen-bond acceptors (Lipinski definition) is 3. The van der Waals surface area contributed by atoms with Crippen LogP contribution < -0.4 is 4.72 Å². The van der Waals surface area contributed by atoms with Crippen LogP contribution in [0.1, 0.15) is 0 Å². The average Bonchev–Trinajstić information content (AvgIpc) is 2.33. The maximum Gasteiger partial charge on any atom is 0.265 e. The van der Waals surface area contributed by atoms with E-state index in [-0.39, 0.29) is 10.6 Å². The van der Waals surface area contributed by atoms with Crippen molar-refractivity contribution >= 4 is 47.6 Å². The summed E-state index contributed by atoms with van der Waals surface area (Å²) in [5.74, 6) is -0.289. The molecule has 0 bridgehead atoms. The molecule has 0 aliphatic carbocycles. The van der Waals surface area contributed by atoms with Crippen molar-refractivity contribution in [2.24, 2.45) is 0 Å². The minimum absolute atomic E-state index is 0.162. The molecular formula is C12H9Br2NO3S. The van der Waals surface area contributed by atoms with Gasteiger partial charge in [-0.15, -0.1) is 0 Å². The van der Waals surface area contributed by atoms with E-state index in [1.807, 2.05) is 0 Å². The van der Waals surface area contributed by atoms with Gasteiger partial charge in [0.15, 0.2) is 0 Å². The number of rotatable bonds is 3. The quantitative estimate of drug-likeness (QED) is 0.816. The molecule has 2 aromatic carbocycles. The van der Waals surface area contributed by atoms with Gasteiger partial charge in [-0.3, -0.25) is 4.72 Å². The summed E-state index contributed by atoms with van der Waals surface area (Å²) in [5, 5.41) is 9.60. The first-order valence-corrected chi connectivity index (χ1v) is 8.23. The molecule has 0 aromatic heterocycles. The van der Waals surface area contributed by atoms with E-state index in [1.54, 1.807) is 30.3 Å². The van der Waals surface area contributed by atoms with E-state index >= 15 is 0 Å². The van der Waals surface area contributed by atoms with Crippen molar-refractivity contribution in [1.29, 1.82) is 0 Å². The van der Waals surface area contributed by atoms with Gasteiger partial charge in [-0.1, -0.05) is 28.1 Å². The number of phenolic OH excluding ortho intramolecular Hbond substituents is 1. The molecule has 2 N–H and O–H groups in total. The third-order valence-electron chi connectivity index (χ3n) is 2.33. The van der Waals surface area contributed by atoms with E-state index in [0.29, 0.717) is 10.2 Å². The zero-order valence-electron chi connectivity index (χ0n) is 9.47. The molecule has 0 aliphatic rings. The van der Waals surface area contributed by atoms with Crippen molar-refractivity contribution in [2.75, 3.05) is 4.72 Å². The smallest absolute Gasteiger partial charge is 0.265 e. The number of aromatic hydroxyl groups is 1. The SMILES string of the molecule is O=S(=O)(Nc1ccc(Br)cc1Br)c1ccccc1O. The number of para-hydroxylation sites is 1. The van der Waals surface area contributed by atoms with Crippen molar-refractivity contribution in [2.45, 2.75) is 4.90 Å². The van der Waals surface area contributed by atoms with E-state index in [2.05, 4.69) is 36.6 Å². The van der Waals surface area contributed by atoms with Crippen LogP contribution >= 0.6 is 31.9 Å².